The molecule has 1 heterocycles. The minimum absolute atomic E-state index is 0.185. The number of likely N-dealkylation sites (tertiary alicyclic amines) is 1. The average Bonchev–Trinajstić information content (AvgIpc) is 2.73. The molecular formula is C17H21F3N2O. The SMILES string of the molecule is Cc1cccc(C2CC(N[C@H]3CCN(CC(F)(F)F)C3=O)C2)c1. The largest absolute Gasteiger partial charge is 0.406 e. The summed E-state index contributed by atoms with van der Waals surface area (Å²) in [5, 5.41) is 3.24. The van der Waals surface area contributed by atoms with Crippen molar-refractivity contribution in [3.8, 4) is 0 Å². The van der Waals surface area contributed by atoms with Gasteiger partial charge in [0.1, 0.15) is 6.54 Å². The lowest BCUT2D eigenvalue weighted by Gasteiger charge is -2.38. The fourth-order valence-electron chi connectivity index (χ4n) is 3.50. The lowest BCUT2D eigenvalue weighted by molar-refractivity contribution is -0.158. The number of carbonyl (C=O) groups excluding carboxylic acids is 1. The molecule has 1 aromatic rings. The predicted molar refractivity (Wildman–Crippen MR) is 81.1 cm³/mol. The van der Waals surface area contributed by atoms with Gasteiger partial charge in [-0.3, -0.25) is 4.79 Å². The second-order valence-electron chi connectivity index (χ2n) is 6.66. The first-order valence-electron chi connectivity index (χ1n) is 8.00. The summed E-state index contributed by atoms with van der Waals surface area (Å²) in [5.41, 5.74) is 2.53. The Hall–Kier alpha value is -1.56. The molecule has 1 aliphatic carbocycles. The van der Waals surface area contributed by atoms with Crippen molar-refractivity contribution in [3.63, 3.8) is 0 Å². The van der Waals surface area contributed by atoms with E-state index in [0.717, 1.165) is 17.7 Å². The van der Waals surface area contributed by atoms with E-state index < -0.39 is 24.7 Å². The zero-order chi connectivity index (χ0) is 16.6. The van der Waals surface area contributed by atoms with Gasteiger partial charge in [0.05, 0.1) is 6.04 Å². The third-order valence-corrected chi connectivity index (χ3v) is 4.76. The van der Waals surface area contributed by atoms with E-state index in [1.165, 1.54) is 11.1 Å². The summed E-state index contributed by atoms with van der Waals surface area (Å²) in [5.74, 6) is 0.0662. The van der Waals surface area contributed by atoms with Crippen molar-refractivity contribution in [3.05, 3.63) is 35.4 Å². The van der Waals surface area contributed by atoms with Gasteiger partial charge in [0.25, 0.3) is 0 Å². The maximum atomic E-state index is 12.4. The number of benzene rings is 1. The summed E-state index contributed by atoms with van der Waals surface area (Å²) in [6, 6.07) is 8.15. The highest BCUT2D eigenvalue weighted by Crippen LogP contribution is 2.37. The van der Waals surface area contributed by atoms with Crippen LogP contribution in [0.3, 0.4) is 0 Å². The molecule has 1 aliphatic heterocycles. The summed E-state index contributed by atoms with van der Waals surface area (Å²) < 4.78 is 37.2. The van der Waals surface area contributed by atoms with Gasteiger partial charge in [-0.2, -0.15) is 13.2 Å². The van der Waals surface area contributed by atoms with Crippen LogP contribution in [0.1, 0.15) is 36.3 Å². The van der Waals surface area contributed by atoms with Gasteiger partial charge >= 0.3 is 6.18 Å². The first-order valence-corrected chi connectivity index (χ1v) is 8.00. The minimum atomic E-state index is -4.32. The van der Waals surface area contributed by atoms with Gasteiger partial charge in [-0.05, 0) is 37.7 Å². The maximum Gasteiger partial charge on any atom is 0.406 e. The van der Waals surface area contributed by atoms with Crippen molar-refractivity contribution in [2.24, 2.45) is 0 Å². The predicted octanol–water partition coefficient (Wildman–Crippen LogP) is 2.99. The van der Waals surface area contributed by atoms with Gasteiger partial charge in [-0.15, -0.1) is 0 Å². The Morgan fingerprint density at radius 3 is 2.70 bits per heavy atom. The molecule has 0 bridgehead atoms. The number of carbonyl (C=O) groups is 1. The monoisotopic (exact) mass is 326 g/mol. The van der Waals surface area contributed by atoms with Gasteiger partial charge in [0.2, 0.25) is 5.91 Å². The van der Waals surface area contributed by atoms with Gasteiger partial charge in [-0.1, -0.05) is 29.8 Å². The van der Waals surface area contributed by atoms with Crippen molar-refractivity contribution < 1.29 is 18.0 Å². The Kier molecular flexibility index (Phi) is 4.36. The number of alkyl halides is 3. The lowest BCUT2D eigenvalue weighted by atomic mass is 9.75. The summed E-state index contributed by atoms with van der Waals surface area (Å²) >= 11 is 0. The summed E-state index contributed by atoms with van der Waals surface area (Å²) in [7, 11) is 0. The van der Waals surface area contributed by atoms with Crippen molar-refractivity contribution in [1.82, 2.24) is 10.2 Å². The van der Waals surface area contributed by atoms with Crippen LogP contribution < -0.4 is 5.32 Å². The average molecular weight is 326 g/mol. The summed E-state index contributed by atoms with van der Waals surface area (Å²) in [6.07, 6.45) is -1.99. The number of hydrogen-bond donors (Lipinski definition) is 1. The number of rotatable bonds is 4. The number of halogens is 3. The summed E-state index contributed by atoms with van der Waals surface area (Å²) in [6.45, 7) is 1.11. The highest BCUT2D eigenvalue weighted by atomic mass is 19.4. The van der Waals surface area contributed by atoms with Crippen molar-refractivity contribution >= 4 is 5.91 Å². The highest BCUT2D eigenvalue weighted by Gasteiger charge is 2.41. The molecule has 3 rings (SSSR count). The molecular weight excluding hydrogens is 305 g/mol. The number of nitrogens with zero attached hydrogens (tertiary/aromatic N) is 1. The topological polar surface area (TPSA) is 32.3 Å². The molecule has 1 saturated heterocycles. The molecule has 0 spiro atoms. The Morgan fingerprint density at radius 1 is 1.30 bits per heavy atom. The van der Waals surface area contributed by atoms with Gasteiger partial charge in [0.15, 0.2) is 0 Å². The van der Waals surface area contributed by atoms with Crippen molar-refractivity contribution in [2.75, 3.05) is 13.1 Å². The molecule has 2 aliphatic rings. The molecule has 0 unspecified atom stereocenters. The molecule has 1 aromatic carbocycles. The normalized spacial score (nSPS) is 28.1. The third kappa shape index (κ3) is 3.86. The van der Waals surface area contributed by atoms with Crippen LogP contribution in [0.5, 0.6) is 0 Å². The van der Waals surface area contributed by atoms with E-state index in [-0.39, 0.29) is 12.6 Å². The standard InChI is InChI=1S/C17H21F3N2O/c1-11-3-2-4-12(7-11)13-8-14(9-13)21-15-5-6-22(16(15)23)10-17(18,19)20/h2-4,7,13-15,21H,5-6,8-10H2,1H3/t13?,14?,15-/m0/s1. The first-order chi connectivity index (χ1) is 10.8. The molecule has 3 nitrogen and oxygen atoms in total. The minimum Gasteiger partial charge on any atom is -0.332 e. The second kappa shape index (κ2) is 6.15. The van der Waals surface area contributed by atoms with Crippen LogP contribution in [-0.4, -0.2) is 42.2 Å². The molecule has 23 heavy (non-hydrogen) atoms. The number of nitrogens with one attached hydrogen (secondary N) is 1. The molecule has 1 atom stereocenters. The summed E-state index contributed by atoms with van der Waals surface area (Å²) in [4.78, 5) is 12.9. The highest BCUT2D eigenvalue weighted by molar-refractivity contribution is 5.84. The zero-order valence-corrected chi connectivity index (χ0v) is 13.1. The smallest absolute Gasteiger partial charge is 0.332 e. The van der Waals surface area contributed by atoms with E-state index in [0.29, 0.717) is 12.3 Å². The van der Waals surface area contributed by atoms with Gasteiger partial charge in [0, 0.05) is 12.6 Å². The van der Waals surface area contributed by atoms with Crippen molar-refractivity contribution in [1.29, 1.82) is 0 Å². The van der Waals surface area contributed by atoms with E-state index in [1.54, 1.807) is 0 Å². The quantitative estimate of drug-likeness (QED) is 0.922. The number of aryl methyl sites for hydroxylation is 1. The Morgan fingerprint density at radius 2 is 2.04 bits per heavy atom. The third-order valence-electron chi connectivity index (χ3n) is 4.76. The number of amides is 1. The molecule has 1 saturated carbocycles. The van der Waals surface area contributed by atoms with Crippen LogP contribution in [0.25, 0.3) is 0 Å². The Bertz CT molecular complexity index is 581. The van der Waals surface area contributed by atoms with E-state index in [1.807, 2.05) is 6.07 Å². The van der Waals surface area contributed by atoms with Crippen LogP contribution in [0.2, 0.25) is 0 Å². The lowest BCUT2D eigenvalue weighted by Crippen LogP contribution is -2.49. The molecule has 0 radical (unpaired) electrons. The molecule has 126 valence electrons. The fourth-order valence-corrected chi connectivity index (χ4v) is 3.50. The van der Waals surface area contributed by atoms with Crippen LogP contribution in [0.4, 0.5) is 13.2 Å². The molecule has 1 amide bonds. The van der Waals surface area contributed by atoms with E-state index >= 15 is 0 Å². The maximum absolute atomic E-state index is 12.4. The van der Waals surface area contributed by atoms with Gasteiger partial charge < -0.3 is 10.2 Å². The molecule has 6 heteroatoms. The molecule has 2 fully saturated rings. The van der Waals surface area contributed by atoms with Crippen LogP contribution >= 0.6 is 0 Å². The van der Waals surface area contributed by atoms with Crippen LogP contribution in [0, 0.1) is 6.92 Å². The fraction of sp³-hybridized carbons (Fsp3) is 0.588. The van der Waals surface area contributed by atoms with E-state index in [4.69, 9.17) is 0 Å². The van der Waals surface area contributed by atoms with E-state index in [2.05, 4.69) is 30.4 Å². The van der Waals surface area contributed by atoms with E-state index in [9.17, 15) is 18.0 Å². The second-order valence-corrected chi connectivity index (χ2v) is 6.66. The Labute approximate surface area is 133 Å². The molecule has 1 N–H and O–H groups in total. The van der Waals surface area contributed by atoms with Crippen LogP contribution in [-0.2, 0) is 4.79 Å². The Balaban J connectivity index is 1.48. The van der Waals surface area contributed by atoms with Gasteiger partial charge in [-0.25, -0.2) is 0 Å². The van der Waals surface area contributed by atoms with Crippen molar-refractivity contribution in [2.45, 2.75) is 50.4 Å². The molecule has 0 aromatic heterocycles. The number of hydrogen-bond acceptors (Lipinski definition) is 2. The zero-order valence-electron chi connectivity index (χ0n) is 13.1. The first kappa shape index (κ1) is 16.3. The van der Waals surface area contributed by atoms with Crippen LogP contribution in [0.15, 0.2) is 24.3 Å².